The van der Waals surface area contributed by atoms with E-state index in [-0.39, 0.29) is 0 Å². The topological polar surface area (TPSA) is 33.1 Å². The fourth-order valence-corrected chi connectivity index (χ4v) is 3.38. The van der Waals surface area contributed by atoms with E-state index >= 15 is 0 Å². The Morgan fingerprint density at radius 1 is 1.22 bits per heavy atom. The van der Waals surface area contributed by atoms with Gasteiger partial charge in [0.2, 0.25) is 0 Å². The minimum Gasteiger partial charge on any atom is -0.312 e. The van der Waals surface area contributed by atoms with Crippen molar-refractivity contribution in [3.8, 4) is 0 Å². The Morgan fingerprint density at radius 3 is 2.65 bits per heavy atom. The summed E-state index contributed by atoms with van der Waals surface area (Å²) in [6.07, 6.45) is 0. The van der Waals surface area contributed by atoms with Gasteiger partial charge in [0.15, 0.2) is 0 Å². The predicted molar refractivity (Wildman–Crippen MR) is 95.0 cm³/mol. The van der Waals surface area contributed by atoms with Crippen molar-refractivity contribution in [1.29, 1.82) is 0 Å². The summed E-state index contributed by atoms with van der Waals surface area (Å²) in [5.41, 5.74) is 5.00. The fourth-order valence-electron chi connectivity index (χ4n) is 3.26. The first-order valence-electron chi connectivity index (χ1n) is 8.26. The highest BCUT2D eigenvalue weighted by molar-refractivity contribution is 6.30. The van der Waals surface area contributed by atoms with Crippen LogP contribution in [0.3, 0.4) is 0 Å². The number of halogens is 1. The smallest absolute Gasteiger partial charge is 0.0662 e. The number of benzene rings is 1. The van der Waals surface area contributed by atoms with E-state index < -0.39 is 0 Å². The maximum absolute atomic E-state index is 5.96. The first kappa shape index (κ1) is 16.5. The minimum atomic E-state index is 0.563. The summed E-state index contributed by atoms with van der Waals surface area (Å²) in [6, 6.07) is 8.57. The van der Waals surface area contributed by atoms with Crippen LogP contribution in [0.4, 0.5) is 0 Å². The first-order valence-corrected chi connectivity index (χ1v) is 8.64. The third-order valence-electron chi connectivity index (χ3n) is 4.61. The average molecular weight is 333 g/mol. The zero-order chi connectivity index (χ0) is 16.4. The Labute approximate surface area is 143 Å². The van der Waals surface area contributed by atoms with Crippen molar-refractivity contribution in [3.05, 3.63) is 51.8 Å². The molecular formula is C18H25ClN4. The van der Waals surface area contributed by atoms with Crippen molar-refractivity contribution >= 4 is 11.6 Å². The second-order valence-corrected chi connectivity index (χ2v) is 6.96. The molecule has 1 aliphatic heterocycles. The van der Waals surface area contributed by atoms with Crippen LogP contribution in [0.5, 0.6) is 0 Å². The lowest BCUT2D eigenvalue weighted by molar-refractivity contribution is 0.199. The molecule has 1 saturated heterocycles. The molecule has 124 valence electrons. The predicted octanol–water partition coefficient (Wildman–Crippen LogP) is 3.00. The van der Waals surface area contributed by atoms with E-state index in [0.29, 0.717) is 6.04 Å². The SMILES string of the molecule is Cc1nn(Cc2ccc(Cl)cc2)c(C)c1CN1CCNC(C)C1. The standard InChI is InChI=1S/C18H25ClN4/c1-13-10-22(9-8-20-13)12-18-14(2)21-23(15(18)3)11-16-4-6-17(19)7-5-16/h4-7,13,20H,8-12H2,1-3H3. The second-order valence-electron chi connectivity index (χ2n) is 6.52. The van der Waals surface area contributed by atoms with Gasteiger partial charge < -0.3 is 5.32 Å². The molecule has 1 unspecified atom stereocenters. The monoisotopic (exact) mass is 332 g/mol. The highest BCUT2D eigenvalue weighted by atomic mass is 35.5. The van der Waals surface area contributed by atoms with Crippen molar-refractivity contribution in [2.75, 3.05) is 19.6 Å². The van der Waals surface area contributed by atoms with Crippen LogP contribution in [-0.4, -0.2) is 40.4 Å². The fraction of sp³-hybridized carbons (Fsp3) is 0.500. The lowest BCUT2D eigenvalue weighted by Crippen LogP contribution is -2.48. The summed E-state index contributed by atoms with van der Waals surface area (Å²) in [5.74, 6) is 0. The highest BCUT2D eigenvalue weighted by Gasteiger charge is 2.19. The number of nitrogens with zero attached hydrogens (tertiary/aromatic N) is 3. The van der Waals surface area contributed by atoms with Gasteiger partial charge >= 0.3 is 0 Å². The lowest BCUT2D eigenvalue weighted by Gasteiger charge is -2.31. The molecule has 5 heteroatoms. The molecule has 2 aromatic rings. The van der Waals surface area contributed by atoms with E-state index in [1.54, 1.807) is 0 Å². The van der Waals surface area contributed by atoms with Crippen molar-refractivity contribution in [2.24, 2.45) is 0 Å². The number of rotatable bonds is 4. The van der Waals surface area contributed by atoms with Gasteiger partial charge in [-0.3, -0.25) is 9.58 Å². The van der Waals surface area contributed by atoms with Crippen LogP contribution < -0.4 is 5.32 Å². The van der Waals surface area contributed by atoms with E-state index in [1.807, 2.05) is 12.1 Å². The van der Waals surface area contributed by atoms with E-state index in [0.717, 1.165) is 43.4 Å². The quantitative estimate of drug-likeness (QED) is 0.934. The number of piperazine rings is 1. The maximum atomic E-state index is 5.96. The Morgan fingerprint density at radius 2 is 1.96 bits per heavy atom. The van der Waals surface area contributed by atoms with Gasteiger partial charge in [0.05, 0.1) is 12.2 Å². The molecule has 1 aromatic heterocycles. The van der Waals surface area contributed by atoms with Crippen LogP contribution in [0.2, 0.25) is 5.02 Å². The number of aryl methyl sites for hydroxylation is 1. The van der Waals surface area contributed by atoms with Gasteiger partial charge in [0, 0.05) is 48.5 Å². The molecule has 1 aliphatic rings. The van der Waals surface area contributed by atoms with Gasteiger partial charge in [-0.05, 0) is 38.5 Å². The third kappa shape index (κ3) is 3.94. The largest absolute Gasteiger partial charge is 0.312 e. The Kier molecular flexibility index (Phi) is 5.05. The van der Waals surface area contributed by atoms with E-state index in [1.165, 1.54) is 16.8 Å². The minimum absolute atomic E-state index is 0.563. The van der Waals surface area contributed by atoms with E-state index in [2.05, 4.69) is 47.8 Å². The van der Waals surface area contributed by atoms with Gasteiger partial charge in [0.25, 0.3) is 0 Å². The van der Waals surface area contributed by atoms with Crippen molar-refractivity contribution in [3.63, 3.8) is 0 Å². The molecule has 0 aliphatic carbocycles. The zero-order valence-electron chi connectivity index (χ0n) is 14.1. The molecule has 1 N–H and O–H groups in total. The molecular weight excluding hydrogens is 308 g/mol. The van der Waals surface area contributed by atoms with Crippen LogP contribution in [0.1, 0.15) is 29.4 Å². The summed E-state index contributed by atoms with van der Waals surface area (Å²) in [6.45, 7) is 11.6. The molecule has 0 radical (unpaired) electrons. The number of nitrogens with one attached hydrogen (secondary N) is 1. The summed E-state index contributed by atoms with van der Waals surface area (Å²) in [7, 11) is 0. The molecule has 0 bridgehead atoms. The van der Waals surface area contributed by atoms with Gasteiger partial charge in [-0.2, -0.15) is 5.10 Å². The number of aromatic nitrogens is 2. The van der Waals surface area contributed by atoms with Crippen molar-refractivity contribution in [2.45, 2.75) is 39.9 Å². The van der Waals surface area contributed by atoms with E-state index in [4.69, 9.17) is 16.7 Å². The second kappa shape index (κ2) is 7.04. The Bertz CT molecular complexity index is 662. The number of hydrogen-bond acceptors (Lipinski definition) is 3. The normalized spacial score (nSPS) is 19.2. The molecule has 1 fully saturated rings. The summed E-state index contributed by atoms with van der Waals surface area (Å²) < 4.78 is 2.11. The van der Waals surface area contributed by atoms with Crippen molar-refractivity contribution in [1.82, 2.24) is 20.0 Å². The first-order chi connectivity index (χ1) is 11.0. The van der Waals surface area contributed by atoms with Gasteiger partial charge in [-0.15, -0.1) is 0 Å². The summed E-state index contributed by atoms with van der Waals surface area (Å²) >= 11 is 5.96. The van der Waals surface area contributed by atoms with Gasteiger partial charge in [-0.25, -0.2) is 0 Å². The number of hydrogen-bond donors (Lipinski definition) is 1. The van der Waals surface area contributed by atoms with Crippen LogP contribution >= 0.6 is 11.6 Å². The molecule has 0 saturated carbocycles. The van der Waals surface area contributed by atoms with Crippen LogP contribution in [0.25, 0.3) is 0 Å². The van der Waals surface area contributed by atoms with Crippen molar-refractivity contribution < 1.29 is 0 Å². The Hall–Kier alpha value is -1.36. The molecule has 0 spiro atoms. The Balaban J connectivity index is 1.75. The highest BCUT2D eigenvalue weighted by Crippen LogP contribution is 2.18. The van der Waals surface area contributed by atoms with Crippen LogP contribution in [0.15, 0.2) is 24.3 Å². The molecule has 0 amide bonds. The van der Waals surface area contributed by atoms with Gasteiger partial charge in [-0.1, -0.05) is 23.7 Å². The maximum Gasteiger partial charge on any atom is 0.0662 e. The molecule has 23 heavy (non-hydrogen) atoms. The third-order valence-corrected chi connectivity index (χ3v) is 4.86. The summed E-state index contributed by atoms with van der Waals surface area (Å²) in [5, 5.41) is 9.02. The molecule has 1 aromatic carbocycles. The molecule has 4 nitrogen and oxygen atoms in total. The van der Waals surface area contributed by atoms with E-state index in [9.17, 15) is 0 Å². The zero-order valence-corrected chi connectivity index (χ0v) is 14.9. The summed E-state index contributed by atoms with van der Waals surface area (Å²) in [4.78, 5) is 2.52. The van der Waals surface area contributed by atoms with Crippen LogP contribution in [-0.2, 0) is 13.1 Å². The molecule has 1 atom stereocenters. The molecule has 2 heterocycles. The average Bonchev–Trinajstić information content (AvgIpc) is 2.77. The molecule has 3 rings (SSSR count). The van der Waals surface area contributed by atoms with Gasteiger partial charge in [0.1, 0.15) is 0 Å². The lowest BCUT2D eigenvalue weighted by atomic mass is 10.1. The van der Waals surface area contributed by atoms with Crippen LogP contribution in [0, 0.1) is 13.8 Å².